The minimum absolute atomic E-state index is 0.249. The van der Waals surface area contributed by atoms with Crippen molar-refractivity contribution >= 4 is 0 Å². The van der Waals surface area contributed by atoms with Crippen molar-refractivity contribution in [2.24, 2.45) is 0 Å². The molecule has 0 aliphatic heterocycles. The highest BCUT2D eigenvalue weighted by Gasteiger charge is 2.09. The van der Waals surface area contributed by atoms with Crippen molar-refractivity contribution in [2.75, 3.05) is 7.11 Å². The molecule has 0 bridgehead atoms. The molecule has 0 fully saturated rings. The van der Waals surface area contributed by atoms with Crippen LogP contribution in [0.2, 0.25) is 0 Å². The molecular weight excluding hydrogens is 174 g/mol. The van der Waals surface area contributed by atoms with E-state index >= 15 is 0 Å². The van der Waals surface area contributed by atoms with Gasteiger partial charge in [0, 0.05) is 19.7 Å². The third kappa shape index (κ3) is 3.48. The summed E-state index contributed by atoms with van der Waals surface area (Å²) >= 11 is 0. The van der Waals surface area contributed by atoms with E-state index in [0.717, 1.165) is 6.54 Å². The first kappa shape index (κ1) is 11.2. The van der Waals surface area contributed by atoms with Crippen molar-refractivity contribution in [2.45, 2.75) is 32.5 Å². The number of methoxy groups -OCH3 is 1. The minimum atomic E-state index is 0.249. The Kier molecular flexibility index (Phi) is 4.63. The first-order valence-corrected chi connectivity index (χ1v) is 5.04. The van der Waals surface area contributed by atoms with Crippen LogP contribution in [0, 0.1) is 0 Å². The van der Waals surface area contributed by atoms with E-state index in [0.29, 0.717) is 6.04 Å². The van der Waals surface area contributed by atoms with E-state index in [1.807, 2.05) is 6.07 Å². The molecule has 1 N–H and O–H groups in total. The highest BCUT2D eigenvalue weighted by molar-refractivity contribution is 5.14. The van der Waals surface area contributed by atoms with E-state index in [4.69, 9.17) is 4.74 Å². The zero-order chi connectivity index (χ0) is 10.4. The Bertz CT molecular complexity index is 248. The van der Waals surface area contributed by atoms with E-state index in [-0.39, 0.29) is 6.10 Å². The molecular formula is C12H19NO. The summed E-state index contributed by atoms with van der Waals surface area (Å²) in [6.45, 7) is 5.11. The molecule has 0 saturated carbocycles. The van der Waals surface area contributed by atoms with E-state index < -0.39 is 0 Å². The van der Waals surface area contributed by atoms with Gasteiger partial charge in [-0.3, -0.25) is 0 Å². The number of nitrogens with one attached hydrogen (secondary N) is 1. The third-order valence-electron chi connectivity index (χ3n) is 2.55. The lowest BCUT2D eigenvalue weighted by molar-refractivity contribution is 0.0882. The van der Waals surface area contributed by atoms with Crippen LogP contribution in [0.5, 0.6) is 0 Å². The van der Waals surface area contributed by atoms with Gasteiger partial charge in [-0.2, -0.15) is 0 Å². The highest BCUT2D eigenvalue weighted by atomic mass is 16.5. The number of benzene rings is 1. The predicted molar refractivity (Wildman–Crippen MR) is 59.2 cm³/mol. The molecule has 0 aliphatic rings. The second-order valence-electron chi connectivity index (χ2n) is 3.60. The fourth-order valence-corrected chi connectivity index (χ4v) is 1.24. The van der Waals surface area contributed by atoms with Crippen LogP contribution in [0.15, 0.2) is 30.3 Å². The summed E-state index contributed by atoms with van der Waals surface area (Å²) in [5.41, 5.74) is 1.31. The fourth-order valence-electron chi connectivity index (χ4n) is 1.24. The minimum Gasteiger partial charge on any atom is -0.380 e. The topological polar surface area (TPSA) is 21.3 Å². The first-order valence-electron chi connectivity index (χ1n) is 5.04. The Labute approximate surface area is 86.3 Å². The lowest BCUT2D eigenvalue weighted by Crippen LogP contribution is -2.36. The normalized spacial score (nSPS) is 15.1. The SMILES string of the molecule is CO[C@H](C)[C@H](C)NCc1ccccc1. The maximum absolute atomic E-state index is 5.24. The smallest absolute Gasteiger partial charge is 0.0693 e. The summed E-state index contributed by atoms with van der Waals surface area (Å²) in [5, 5.41) is 3.42. The molecule has 2 heteroatoms. The summed E-state index contributed by atoms with van der Waals surface area (Å²) in [6.07, 6.45) is 0.249. The monoisotopic (exact) mass is 193 g/mol. The summed E-state index contributed by atoms with van der Waals surface area (Å²) in [6, 6.07) is 10.8. The molecule has 78 valence electrons. The number of ether oxygens (including phenoxy) is 1. The Hall–Kier alpha value is -0.860. The lowest BCUT2D eigenvalue weighted by atomic mass is 10.2. The zero-order valence-electron chi connectivity index (χ0n) is 9.16. The molecule has 0 aliphatic carbocycles. The summed E-state index contributed by atoms with van der Waals surface area (Å²) in [7, 11) is 1.74. The number of hydrogen-bond donors (Lipinski definition) is 1. The first-order chi connectivity index (χ1) is 6.74. The van der Waals surface area contributed by atoms with Crippen LogP contribution in [-0.4, -0.2) is 19.3 Å². The van der Waals surface area contributed by atoms with Gasteiger partial charge in [0.2, 0.25) is 0 Å². The van der Waals surface area contributed by atoms with Crippen LogP contribution in [0.4, 0.5) is 0 Å². The summed E-state index contributed by atoms with van der Waals surface area (Å²) in [4.78, 5) is 0. The molecule has 14 heavy (non-hydrogen) atoms. The van der Waals surface area contributed by atoms with Gasteiger partial charge >= 0.3 is 0 Å². The molecule has 1 rings (SSSR count). The average molecular weight is 193 g/mol. The molecule has 1 aromatic rings. The largest absolute Gasteiger partial charge is 0.380 e. The highest BCUT2D eigenvalue weighted by Crippen LogP contribution is 2.01. The standard InChI is InChI=1S/C12H19NO/c1-10(11(2)14-3)13-9-12-7-5-4-6-8-12/h4-8,10-11,13H,9H2,1-3H3/t10-,11+/m0/s1. The van der Waals surface area contributed by atoms with Gasteiger partial charge < -0.3 is 10.1 Å². The van der Waals surface area contributed by atoms with Crippen LogP contribution in [0.1, 0.15) is 19.4 Å². The molecule has 1 aromatic carbocycles. The van der Waals surface area contributed by atoms with Gasteiger partial charge in [0.25, 0.3) is 0 Å². The predicted octanol–water partition coefficient (Wildman–Crippen LogP) is 2.20. The van der Waals surface area contributed by atoms with E-state index in [1.165, 1.54) is 5.56 Å². The molecule has 0 spiro atoms. The lowest BCUT2D eigenvalue weighted by Gasteiger charge is -2.19. The molecule has 0 aromatic heterocycles. The molecule has 2 nitrogen and oxygen atoms in total. The van der Waals surface area contributed by atoms with E-state index in [9.17, 15) is 0 Å². The second kappa shape index (κ2) is 5.78. The van der Waals surface area contributed by atoms with Crippen molar-refractivity contribution in [1.82, 2.24) is 5.32 Å². The van der Waals surface area contributed by atoms with Crippen LogP contribution in [0.3, 0.4) is 0 Å². The molecule has 0 radical (unpaired) electrons. The quantitative estimate of drug-likeness (QED) is 0.774. The Balaban J connectivity index is 2.34. The van der Waals surface area contributed by atoms with Crippen LogP contribution < -0.4 is 5.32 Å². The maximum atomic E-state index is 5.24. The summed E-state index contributed by atoms with van der Waals surface area (Å²) < 4.78 is 5.24. The fraction of sp³-hybridized carbons (Fsp3) is 0.500. The summed E-state index contributed by atoms with van der Waals surface area (Å²) in [5.74, 6) is 0. The Morgan fingerprint density at radius 1 is 1.21 bits per heavy atom. The van der Waals surface area contributed by atoms with Crippen molar-refractivity contribution < 1.29 is 4.74 Å². The van der Waals surface area contributed by atoms with Crippen molar-refractivity contribution in [3.63, 3.8) is 0 Å². The van der Waals surface area contributed by atoms with E-state index in [2.05, 4.69) is 43.4 Å². The Morgan fingerprint density at radius 2 is 1.86 bits per heavy atom. The maximum Gasteiger partial charge on any atom is 0.0693 e. The number of rotatable bonds is 5. The van der Waals surface area contributed by atoms with E-state index in [1.54, 1.807) is 7.11 Å². The van der Waals surface area contributed by atoms with Gasteiger partial charge in [-0.25, -0.2) is 0 Å². The van der Waals surface area contributed by atoms with Crippen LogP contribution >= 0.6 is 0 Å². The van der Waals surface area contributed by atoms with Gasteiger partial charge in [0.05, 0.1) is 6.10 Å². The van der Waals surface area contributed by atoms with Crippen LogP contribution in [0.25, 0.3) is 0 Å². The second-order valence-corrected chi connectivity index (χ2v) is 3.60. The van der Waals surface area contributed by atoms with Crippen molar-refractivity contribution in [3.8, 4) is 0 Å². The molecule has 0 heterocycles. The average Bonchev–Trinajstić information content (AvgIpc) is 2.26. The van der Waals surface area contributed by atoms with Crippen molar-refractivity contribution in [1.29, 1.82) is 0 Å². The van der Waals surface area contributed by atoms with Gasteiger partial charge in [0.1, 0.15) is 0 Å². The van der Waals surface area contributed by atoms with Gasteiger partial charge in [0.15, 0.2) is 0 Å². The van der Waals surface area contributed by atoms with Gasteiger partial charge in [-0.15, -0.1) is 0 Å². The van der Waals surface area contributed by atoms with Crippen LogP contribution in [-0.2, 0) is 11.3 Å². The molecule has 0 unspecified atom stereocenters. The molecule has 0 saturated heterocycles. The van der Waals surface area contributed by atoms with Gasteiger partial charge in [-0.05, 0) is 19.4 Å². The zero-order valence-corrected chi connectivity index (χ0v) is 9.16. The molecule has 0 amide bonds. The molecule has 2 atom stereocenters. The van der Waals surface area contributed by atoms with Gasteiger partial charge in [-0.1, -0.05) is 30.3 Å². The Morgan fingerprint density at radius 3 is 2.43 bits per heavy atom. The number of hydrogen-bond acceptors (Lipinski definition) is 2. The third-order valence-corrected chi connectivity index (χ3v) is 2.55. The van der Waals surface area contributed by atoms with Crippen molar-refractivity contribution in [3.05, 3.63) is 35.9 Å².